The highest BCUT2D eigenvalue weighted by Crippen LogP contribution is 2.26. The first-order valence-electron chi connectivity index (χ1n) is 9.74. The highest BCUT2D eigenvalue weighted by Gasteiger charge is 2.31. The molecule has 1 saturated heterocycles. The van der Waals surface area contributed by atoms with Crippen molar-refractivity contribution in [2.45, 2.75) is 52.1 Å². The molecule has 2 aromatic rings. The smallest absolute Gasteiger partial charge is 0.237 e. The zero-order valence-electron chi connectivity index (χ0n) is 15.8. The van der Waals surface area contributed by atoms with Crippen LogP contribution in [-0.4, -0.2) is 51.2 Å². The maximum atomic E-state index is 12.7. The number of benzene rings is 1. The van der Waals surface area contributed by atoms with Gasteiger partial charge in [0.05, 0.1) is 12.2 Å². The lowest BCUT2D eigenvalue weighted by Gasteiger charge is -2.38. The Morgan fingerprint density at radius 3 is 2.65 bits per heavy atom. The van der Waals surface area contributed by atoms with Crippen molar-refractivity contribution in [3.8, 4) is 5.69 Å². The van der Waals surface area contributed by atoms with E-state index in [2.05, 4.69) is 40.9 Å². The van der Waals surface area contributed by atoms with Crippen molar-refractivity contribution in [3.05, 3.63) is 47.3 Å². The molecule has 1 aliphatic heterocycles. The van der Waals surface area contributed by atoms with E-state index in [0.29, 0.717) is 18.5 Å². The van der Waals surface area contributed by atoms with Gasteiger partial charge in [0, 0.05) is 38.1 Å². The van der Waals surface area contributed by atoms with Crippen LogP contribution in [0.25, 0.3) is 5.69 Å². The number of carbonyl (C=O) groups excluding carboxylic acids is 1. The van der Waals surface area contributed by atoms with Gasteiger partial charge in [-0.2, -0.15) is 5.10 Å². The number of aromatic nitrogens is 2. The third-order valence-electron chi connectivity index (χ3n) is 5.75. The van der Waals surface area contributed by atoms with Crippen LogP contribution in [0.4, 0.5) is 0 Å². The molecule has 1 amide bonds. The van der Waals surface area contributed by atoms with Gasteiger partial charge >= 0.3 is 0 Å². The molecule has 1 aliphatic carbocycles. The van der Waals surface area contributed by atoms with Crippen LogP contribution in [-0.2, 0) is 11.3 Å². The summed E-state index contributed by atoms with van der Waals surface area (Å²) in [6.45, 7) is 7.41. The second kappa shape index (κ2) is 7.23. The van der Waals surface area contributed by atoms with Crippen molar-refractivity contribution in [1.82, 2.24) is 19.6 Å². The summed E-state index contributed by atoms with van der Waals surface area (Å²) in [5.74, 6) is 0.299. The highest BCUT2D eigenvalue weighted by atomic mass is 16.2. The number of hydrogen-bond donors (Lipinski definition) is 0. The fourth-order valence-electron chi connectivity index (χ4n) is 4.61. The molecular formula is C21H28N4O. The Morgan fingerprint density at radius 2 is 1.96 bits per heavy atom. The molecule has 1 aromatic carbocycles. The van der Waals surface area contributed by atoms with Crippen LogP contribution in [0.5, 0.6) is 0 Å². The first-order chi connectivity index (χ1) is 12.6. The van der Waals surface area contributed by atoms with E-state index in [0.717, 1.165) is 25.3 Å². The third-order valence-corrected chi connectivity index (χ3v) is 5.75. The number of piperazine rings is 1. The van der Waals surface area contributed by atoms with Crippen LogP contribution in [0, 0.1) is 13.8 Å². The number of nitrogens with zero attached hydrogens (tertiary/aromatic N) is 4. The van der Waals surface area contributed by atoms with Crippen LogP contribution in [0.15, 0.2) is 30.6 Å². The summed E-state index contributed by atoms with van der Waals surface area (Å²) in [4.78, 5) is 17.1. The minimum atomic E-state index is 0.299. The van der Waals surface area contributed by atoms with Crippen molar-refractivity contribution in [2.24, 2.45) is 0 Å². The van der Waals surface area contributed by atoms with Crippen LogP contribution in [0.1, 0.15) is 42.4 Å². The Morgan fingerprint density at radius 1 is 1.15 bits per heavy atom. The van der Waals surface area contributed by atoms with Gasteiger partial charge in [0.15, 0.2) is 0 Å². The molecule has 2 aliphatic rings. The van der Waals surface area contributed by atoms with Gasteiger partial charge in [-0.3, -0.25) is 9.69 Å². The lowest BCUT2D eigenvalue weighted by Crippen LogP contribution is -2.53. The van der Waals surface area contributed by atoms with E-state index >= 15 is 0 Å². The quantitative estimate of drug-likeness (QED) is 0.849. The molecule has 1 aromatic heterocycles. The lowest BCUT2D eigenvalue weighted by molar-refractivity contribution is -0.138. The van der Waals surface area contributed by atoms with Crippen LogP contribution in [0.3, 0.4) is 0 Å². The average Bonchev–Trinajstić information content (AvgIpc) is 3.28. The summed E-state index contributed by atoms with van der Waals surface area (Å²) >= 11 is 0. The molecule has 2 fully saturated rings. The fraction of sp³-hybridized carbons (Fsp3) is 0.524. The molecule has 0 bridgehead atoms. The van der Waals surface area contributed by atoms with E-state index < -0.39 is 0 Å². The Kier molecular flexibility index (Phi) is 4.81. The van der Waals surface area contributed by atoms with Crippen LogP contribution in [0.2, 0.25) is 0 Å². The van der Waals surface area contributed by atoms with E-state index in [1.54, 1.807) is 0 Å². The topological polar surface area (TPSA) is 41.4 Å². The minimum absolute atomic E-state index is 0.299. The summed E-state index contributed by atoms with van der Waals surface area (Å²) in [7, 11) is 0. The SMILES string of the molecule is Cc1cc(C)c(-n2cccn2)c(CN2CCN(C3CCCC3)C(=O)C2)c1. The number of amides is 1. The molecule has 26 heavy (non-hydrogen) atoms. The Bertz CT molecular complexity index is 778. The van der Waals surface area contributed by atoms with Gasteiger partial charge in [-0.1, -0.05) is 30.5 Å². The second-order valence-corrected chi connectivity index (χ2v) is 7.78. The molecule has 0 atom stereocenters. The van der Waals surface area contributed by atoms with E-state index in [4.69, 9.17) is 0 Å². The number of hydrogen-bond acceptors (Lipinski definition) is 3. The summed E-state index contributed by atoms with van der Waals surface area (Å²) in [5.41, 5.74) is 4.86. The van der Waals surface area contributed by atoms with Gasteiger partial charge < -0.3 is 4.90 Å². The molecule has 1 saturated carbocycles. The van der Waals surface area contributed by atoms with Gasteiger partial charge in [-0.05, 0) is 43.9 Å². The van der Waals surface area contributed by atoms with Crippen molar-refractivity contribution < 1.29 is 4.79 Å². The normalized spacial score (nSPS) is 19.5. The van der Waals surface area contributed by atoms with Crippen molar-refractivity contribution in [1.29, 1.82) is 0 Å². The van der Waals surface area contributed by atoms with Crippen molar-refractivity contribution >= 4 is 5.91 Å². The molecular weight excluding hydrogens is 324 g/mol. The lowest BCUT2D eigenvalue weighted by atomic mass is 10.0. The third kappa shape index (κ3) is 3.40. The molecule has 2 heterocycles. The van der Waals surface area contributed by atoms with Crippen molar-refractivity contribution in [3.63, 3.8) is 0 Å². The molecule has 138 valence electrons. The van der Waals surface area contributed by atoms with E-state index in [1.807, 2.05) is 23.1 Å². The zero-order chi connectivity index (χ0) is 18.1. The number of rotatable bonds is 4. The summed E-state index contributed by atoms with van der Waals surface area (Å²) in [5, 5.41) is 4.43. The molecule has 5 nitrogen and oxygen atoms in total. The molecule has 5 heteroatoms. The molecule has 0 radical (unpaired) electrons. The first-order valence-corrected chi connectivity index (χ1v) is 9.74. The standard InChI is InChI=1S/C21H28N4O/c1-16-12-17(2)21(25-9-5-8-22-25)18(13-16)14-23-10-11-24(20(26)15-23)19-6-3-4-7-19/h5,8-9,12-13,19H,3-4,6-7,10-11,14-15H2,1-2H3. The maximum Gasteiger partial charge on any atom is 0.237 e. The summed E-state index contributed by atoms with van der Waals surface area (Å²) in [6.07, 6.45) is 8.72. The maximum absolute atomic E-state index is 12.7. The van der Waals surface area contributed by atoms with Gasteiger partial charge in [0.25, 0.3) is 0 Å². The largest absolute Gasteiger partial charge is 0.337 e. The first kappa shape index (κ1) is 17.3. The van der Waals surface area contributed by atoms with E-state index in [-0.39, 0.29) is 0 Å². The monoisotopic (exact) mass is 352 g/mol. The van der Waals surface area contributed by atoms with E-state index in [9.17, 15) is 4.79 Å². The average molecular weight is 352 g/mol. The number of carbonyl (C=O) groups is 1. The molecule has 0 N–H and O–H groups in total. The van der Waals surface area contributed by atoms with Gasteiger partial charge in [-0.15, -0.1) is 0 Å². The molecule has 4 rings (SSSR count). The van der Waals surface area contributed by atoms with Crippen LogP contribution >= 0.6 is 0 Å². The Labute approximate surface area is 155 Å². The minimum Gasteiger partial charge on any atom is -0.337 e. The summed E-state index contributed by atoms with van der Waals surface area (Å²) < 4.78 is 1.95. The van der Waals surface area contributed by atoms with Crippen LogP contribution < -0.4 is 0 Å². The molecule has 0 spiro atoms. The van der Waals surface area contributed by atoms with Crippen molar-refractivity contribution in [2.75, 3.05) is 19.6 Å². The predicted octanol–water partition coefficient (Wildman–Crippen LogP) is 3.08. The fourth-order valence-corrected chi connectivity index (χ4v) is 4.61. The Balaban J connectivity index is 1.52. The predicted molar refractivity (Wildman–Crippen MR) is 102 cm³/mol. The number of aryl methyl sites for hydroxylation is 2. The van der Waals surface area contributed by atoms with Gasteiger partial charge in [-0.25, -0.2) is 4.68 Å². The highest BCUT2D eigenvalue weighted by molar-refractivity contribution is 5.79. The van der Waals surface area contributed by atoms with Gasteiger partial charge in [0.2, 0.25) is 5.91 Å². The van der Waals surface area contributed by atoms with Gasteiger partial charge in [0.1, 0.15) is 0 Å². The molecule has 0 unspecified atom stereocenters. The summed E-state index contributed by atoms with van der Waals surface area (Å²) in [6, 6.07) is 6.87. The zero-order valence-corrected chi connectivity index (χ0v) is 15.8. The van der Waals surface area contributed by atoms with E-state index in [1.165, 1.54) is 42.4 Å². The Hall–Kier alpha value is -2.14. The second-order valence-electron chi connectivity index (χ2n) is 7.78.